The van der Waals surface area contributed by atoms with E-state index in [1.165, 1.54) is 5.56 Å². The number of hydrogen-bond donors (Lipinski definition) is 0. The number of hydrogen-bond acceptors (Lipinski definition) is 2. The van der Waals surface area contributed by atoms with Crippen molar-refractivity contribution in [2.24, 2.45) is 5.92 Å². The highest BCUT2D eigenvalue weighted by molar-refractivity contribution is 5.85. The van der Waals surface area contributed by atoms with Crippen molar-refractivity contribution in [3.63, 3.8) is 0 Å². The van der Waals surface area contributed by atoms with Crippen LogP contribution in [0.2, 0.25) is 0 Å². The van der Waals surface area contributed by atoms with Gasteiger partial charge >= 0.3 is 0 Å². The lowest BCUT2D eigenvalue weighted by molar-refractivity contribution is -0.120. The summed E-state index contributed by atoms with van der Waals surface area (Å²) in [6, 6.07) is 8.29. The third kappa shape index (κ3) is 1.68. The molecule has 88 valence electrons. The number of benzene rings is 1. The number of ketones is 1. The highest BCUT2D eigenvalue weighted by atomic mass is 16.3. The normalized spacial score (nSPS) is 24.7. The lowest BCUT2D eigenvalue weighted by Crippen LogP contribution is -2.07. The monoisotopic (exact) mass is 228 g/mol. The van der Waals surface area contributed by atoms with Gasteiger partial charge in [-0.15, -0.1) is 0 Å². The summed E-state index contributed by atoms with van der Waals surface area (Å²) < 4.78 is 5.87. The Labute approximate surface area is 101 Å². The van der Waals surface area contributed by atoms with Gasteiger partial charge in [0.1, 0.15) is 17.1 Å². The Hall–Kier alpha value is -1.57. The minimum absolute atomic E-state index is 0.108. The number of carbonyl (C=O) groups is 1. The van der Waals surface area contributed by atoms with E-state index < -0.39 is 0 Å². The lowest BCUT2D eigenvalue weighted by Gasteiger charge is -2.09. The zero-order valence-electron chi connectivity index (χ0n) is 10.2. The third-order valence-corrected chi connectivity index (χ3v) is 3.87. The maximum Gasteiger partial charge on any atom is 0.136 e. The highest BCUT2D eigenvalue weighted by Crippen LogP contribution is 2.39. The Morgan fingerprint density at radius 2 is 2.12 bits per heavy atom. The largest absolute Gasteiger partial charge is 0.461 e. The van der Waals surface area contributed by atoms with Gasteiger partial charge in [0.05, 0.1) is 0 Å². The Morgan fingerprint density at radius 1 is 1.29 bits per heavy atom. The first-order valence-electron chi connectivity index (χ1n) is 6.18. The summed E-state index contributed by atoms with van der Waals surface area (Å²) in [4.78, 5) is 11.6. The molecule has 0 aliphatic heterocycles. The van der Waals surface area contributed by atoms with E-state index in [1.54, 1.807) is 0 Å². The summed E-state index contributed by atoms with van der Waals surface area (Å²) in [5, 5.41) is 1.14. The molecule has 1 aliphatic carbocycles. The van der Waals surface area contributed by atoms with Crippen molar-refractivity contribution in [3.05, 3.63) is 35.6 Å². The van der Waals surface area contributed by atoms with E-state index in [4.69, 9.17) is 4.42 Å². The van der Waals surface area contributed by atoms with E-state index in [9.17, 15) is 4.79 Å². The SMILES string of the molecule is Cc1ccc2oc(C3CCC(=O)C3C)cc2c1. The van der Waals surface area contributed by atoms with Crippen LogP contribution in [0.3, 0.4) is 0 Å². The second kappa shape index (κ2) is 3.73. The van der Waals surface area contributed by atoms with Gasteiger partial charge in [-0.25, -0.2) is 0 Å². The Kier molecular flexibility index (Phi) is 2.32. The number of furan rings is 1. The van der Waals surface area contributed by atoms with Crippen LogP contribution < -0.4 is 0 Å². The molecule has 2 heteroatoms. The molecule has 3 rings (SSSR count). The predicted octanol–water partition coefficient (Wildman–Crippen LogP) is 3.82. The van der Waals surface area contributed by atoms with Gasteiger partial charge in [-0.2, -0.15) is 0 Å². The molecule has 0 spiro atoms. The minimum atomic E-state index is 0.108. The van der Waals surface area contributed by atoms with Crippen LogP contribution in [0.1, 0.15) is 37.0 Å². The molecule has 1 aromatic heterocycles. The van der Waals surface area contributed by atoms with E-state index >= 15 is 0 Å². The van der Waals surface area contributed by atoms with Crippen LogP contribution in [0.4, 0.5) is 0 Å². The van der Waals surface area contributed by atoms with E-state index in [1.807, 2.05) is 13.0 Å². The molecule has 2 nitrogen and oxygen atoms in total. The summed E-state index contributed by atoms with van der Waals surface area (Å²) >= 11 is 0. The molecule has 0 radical (unpaired) electrons. The fourth-order valence-electron chi connectivity index (χ4n) is 2.75. The first-order valence-corrected chi connectivity index (χ1v) is 6.18. The number of Topliss-reactive ketones (excluding diaryl/α,β-unsaturated/α-hetero) is 1. The molecule has 2 atom stereocenters. The van der Waals surface area contributed by atoms with E-state index in [0.717, 1.165) is 23.2 Å². The molecule has 1 heterocycles. The van der Waals surface area contributed by atoms with Gasteiger partial charge in [0.15, 0.2) is 0 Å². The van der Waals surface area contributed by atoms with Crippen LogP contribution in [0, 0.1) is 12.8 Å². The smallest absolute Gasteiger partial charge is 0.136 e. The first-order chi connectivity index (χ1) is 8.15. The van der Waals surface area contributed by atoms with Crippen molar-refractivity contribution >= 4 is 16.8 Å². The van der Waals surface area contributed by atoms with Crippen molar-refractivity contribution in [2.45, 2.75) is 32.6 Å². The van der Waals surface area contributed by atoms with E-state index in [2.05, 4.69) is 25.1 Å². The molecular formula is C15H16O2. The average molecular weight is 228 g/mol. The number of fused-ring (bicyclic) bond motifs is 1. The van der Waals surface area contributed by atoms with Crippen molar-refractivity contribution in [3.8, 4) is 0 Å². The van der Waals surface area contributed by atoms with Crippen LogP contribution in [0.25, 0.3) is 11.0 Å². The highest BCUT2D eigenvalue weighted by Gasteiger charge is 2.34. The number of aryl methyl sites for hydroxylation is 1. The van der Waals surface area contributed by atoms with Gasteiger partial charge in [-0.1, -0.05) is 18.6 Å². The van der Waals surface area contributed by atoms with Gasteiger partial charge in [-0.3, -0.25) is 4.79 Å². The van der Waals surface area contributed by atoms with Gasteiger partial charge in [0.2, 0.25) is 0 Å². The molecule has 1 fully saturated rings. The number of carbonyl (C=O) groups excluding carboxylic acids is 1. The summed E-state index contributed by atoms with van der Waals surface area (Å²) in [5.74, 6) is 1.72. The average Bonchev–Trinajstić information content (AvgIpc) is 2.83. The lowest BCUT2D eigenvalue weighted by atomic mass is 9.95. The number of rotatable bonds is 1. The van der Waals surface area contributed by atoms with Crippen LogP contribution in [0.5, 0.6) is 0 Å². The predicted molar refractivity (Wildman–Crippen MR) is 67.1 cm³/mol. The molecule has 0 amide bonds. The molecule has 1 saturated carbocycles. The molecule has 0 saturated heterocycles. The van der Waals surface area contributed by atoms with Crippen LogP contribution in [-0.2, 0) is 4.79 Å². The maximum absolute atomic E-state index is 11.6. The van der Waals surface area contributed by atoms with Crippen molar-refractivity contribution in [1.29, 1.82) is 0 Å². The first kappa shape index (κ1) is 10.6. The molecule has 0 bridgehead atoms. The molecule has 0 N–H and O–H groups in total. The summed E-state index contributed by atoms with van der Waals surface area (Å²) in [6.07, 6.45) is 1.63. The van der Waals surface area contributed by atoms with E-state index in [0.29, 0.717) is 12.2 Å². The topological polar surface area (TPSA) is 30.2 Å². The minimum Gasteiger partial charge on any atom is -0.461 e. The van der Waals surface area contributed by atoms with Gasteiger partial charge < -0.3 is 4.42 Å². The van der Waals surface area contributed by atoms with Gasteiger partial charge in [0.25, 0.3) is 0 Å². The zero-order valence-corrected chi connectivity index (χ0v) is 10.2. The fraction of sp³-hybridized carbons (Fsp3) is 0.400. The fourth-order valence-corrected chi connectivity index (χ4v) is 2.75. The van der Waals surface area contributed by atoms with Gasteiger partial charge in [0, 0.05) is 23.6 Å². The van der Waals surface area contributed by atoms with Crippen LogP contribution in [-0.4, -0.2) is 5.78 Å². The Balaban J connectivity index is 2.04. The van der Waals surface area contributed by atoms with Crippen LogP contribution in [0.15, 0.2) is 28.7 Å². The maximum atomic E-state index is 11.6. The van der Waals surface area contributed by atoms with E-state index in [-0.39, 0.29) is 11.8 Å². The van der Waals surface area contributed by atoms with Crippen molar-refractivity contribution in [2.75, 3.05) is 0 Å². The third-order valence-electron chi connectivity index (χ3n) is 3.87. The quantitative estimate of drug-likeness (QED) is 0.742. The molecular weight excluding hydrogens is 212 g/mol. The molecule has 1 aromatic carbocycles. The second-order valence-electron chi connectivity index (χ2n) is 5.09. The zero-order chi connectivity index (χ0) is 12.0. The summed E-state index contributed by atoms with van der Waals surface area (Å²) in [5.41, 5.74) is 2.16. The Bertz CT molecular complexity index is 580. The Morgan fingerprint density at radius 3 is 2.82 bits per heavy atom. The molecule has 1 aliphatic rings. The second-order valence-corrected chi connectivity index (χ2v) is 5.09. The van der Waals surface area contributed by atoms with Crippen LogP contribution >= 0.6 is 0 Å². The van der Waals surface area contributed by atoms with Gasteiger partial charge in [-0.05, 0) is 31.5 Å². The molecule has 2 unspecified atom stereocenters. The summed E-state index contributed by atoms with van der Waals surface area (Å²) in [7, 11) is 0. The molecule has 17 heavy (non-hydrogen) atoms. The van der Waals surface area contributed by atoms with Crippen molar-refractivity contribution in [1.82, 2.24) is 0 Å². The molecule has 2 aromatic rings. The standard InChI is InChI=1S/C15H16O2/c1-9-3-6-14-11(7-9)8-15(17-14)12-4-5-13(16)10(12)2/h3,6-8,10,12H,4-5H2,1-2H3. The van der Waals surface area contributed by atoms with Crippen molar-refractivity contribution < 1.29 is 9.21 Å². The summed E-state index contributed by atoms with van der Waals surface area (Å²) in [6.45, 7) is 4.09.